The van der Waals surface area contributed by atoms with E-state index in [0.717, 1.165) is 11.3 Å². The molecule has 2 aromatic rings. The van der Waals surface area contributed by atoms with Gasteiger partial charge in [-0.05, 0) is 35.4 Å². The van der Waals surface area contributed by atoms with Gasteiger partial charge in [-0.2, -0.15) is 8.78 Å². The van der Waals surface area contributed by atoms with Gasteiger partial charge in [-0.3, -0.25) is 4.79 Å². The summed E-state index contributed by atoms with van der Waals surface area (Å²) in [6, 6.07) is 11.7. The van der Waals surface area contributed by atoms with Crippen molar-refractivity contribution in [3.8, 4) is 17.2 Å². The van der Waals surface area contributed by atoms with Crippen molar-refractivity contribution in [2.24, 2.45) is 0 Å². The van der Waals surface area contributed by atoms with E-state index in [0.29, 0.717) is 5.56 Å². The topological polar surface area (TPSA) is 56.8 Å². The lowest BCUT2D eigenvalue weighted by atomic mass is 10.1. The molecule has 0 spiro atoms. The number of hydrogen-bond acceptors (Lipinski definition) is 4. The zero-order chi connectivity index (χ0) is 18.2. The Morgan fingerprint density at radius 1 is 1.00 bits per heavy atom. The Morgan fingerprint density at radius 3 is 2.28 bits per heavy atom. The Balaban J connectivity index is 1.92. The highest BCUT2D eigenvalue weighted by atomic mass is 19.3. The number of ether oxygens (including phenoxy) is 3. The summed E-state index contributed by atoms with van der Waals surface area (Å²) in [5, 5.41) is 2.77. The van der Waals surface area contributed by atoms with Crippen molar-refractivity contribution >= 4 is 5.91 Å². The molecule has 0 aliphatic heterocycles. The van der Waals surface area contributed by atoms with Crippen molar-refractivity contribution in [1.82, 2.24) is 5.32 Å². The molecule has 1 N–H and O–H groups in total. The average molecular weight is 351 g/mol. The quantitative estimate of drug-likeness (QED) is 0.794. The summed E-state index contributed by atoms with van der Waals surface area (Å²) in [5.41, 5.74) is 1.57. The molecule has 0 aliphatic carbocycles. The highest BCUT2D eigenvalue weighted by Gasteiger charge is 2.11. The van der Waals surface area contributed by atoms with Gasteiger partial charge in [0, 0.05) is 6.54 Å². The van der Waals surface area contributed by atoms with Gasteiger partial charge in [0.1, 0.15) is 5.75 Å². The van der Waals surface area contributed by atoms with Crippen LogP contribution in [-0.4, -0.2) is 26.7 Å². The molecule has 0 unspecified atom stereocenters. The molecule has 2 rings (SSSR count). The van der Waals surface area contributed by atoms with E-state index < -0.39 is 6.61 Å². The smallest absolute Gasteiger partial charge is 0.387 e. The molecule has 25 heavy (non-hydrogen) atoms. The van der Waals surface area contributed by atoms with E-state index in [4.69, 9.17) is 9.47 Å². The van der Waals surface area contributed by atoms with Gasteiger partial charge in [0.15, 0.2) is 11.5 Å². The Bertz CT molecular complexity index is 705. The first-order chi connectivity index (χ1) is 12.0. The molecular weight excluding hydrogens is 332 g/mol. The van der Waals surface area contributed by atoms with Gasteiger partial charge in [0.25, 0.3) is 0 Å². The third kappa shape index (κ3) is 5.63. The van der Waals surface area contributed by atoms with Crippen LogP contribution in [0.15, 0.2) is 42.5 Å². The van der Waals surface area contributed by atoms with Crippen molar-refractivity contribution in [2.45, 2.75) is 19.6 Å². The number of methoxy groups -OCH3 is 2. The van der Waals surface area contributed by atoms with E-state index in [1.165, 1.54) is 13.2 Å². The number of amides is 1. The number of carbonyl (C=O) groups excluding carboxylic acids is 1. The molecule has 0 aromatic heterocycles. The second-order valence-electron chi connectivity index (χ2n) is 5.17. The molecule has 5 nitrogen and oxygen atoms in total. The molecule has 0 atom stereocenters. The van der Waals surface area contributed by atoms with Crippen LogP contribution in [0, 0.1) is 0 Å². The normalized spacial score (nSPS) is 10.4. The summed E-state index contributed by atoms with van der Waals surface area (Å²) in [6.07, 6.45) is 0.230. The standard InChI is InChI=1S/C18H19F2NO4/c1-23-14-6-3-12(4-7-14)10-17(22)21-11-13-5-8-15(25-18(19)20)16(9-13)24-2/h3-9,18H,10-11H2,1-2H3,(H,21,22). The van der Waals surface area contributed by atoms with Crippen LogP contribution >= 0.6 is 0 Å². The van der Waals surface area contributed by atoms with Crippen LogP contribution in [0.2, 0.25) is 0 Å². The Hall–Kier alpha value is -2.83. The summed E-state index contributed by atoms with van der Waals surface area (Å²) in [5.74, 6) is 0.701. The lowest BCUT2D eigenvalue weighted by Crippen LogP contribution is -2.24. The first-order valence-electron chi connectivity index (χ1n) is 7.53. The number of halogens is 2. The second kappa shape index (κ2) is 8.86. The van der Waals surface area contributed by atoms with E-state index >= 15 is 0 Å². The van der Waals surface area contributed by atoms with E-state index in [9.17, 15) is 13.6 Å². The maximum absolute atomic E-state index is 12.3. The maximum atomic E-state index is 12.3. The van der Waals surface area contributed by atoms with Crippen LogP contribution in [-0.2, 0) is 17.8 Å². The van der Waals surface area contributed by atoms with Crippen LogP contribution in [0.25, 0.3) is 0 Å². The molecule has 7 heteroatoms. The third-order valence-corrected chi connectivity index (χ3v) is 3.46. The fourth-order valence-electron chi connectivity index (χ4n) is 2.21. The largest absolute Gasteiger partial charge is 0.497 e. The van der Waals surface area contributed by atoms with Crippen molar-refractivity contribution in [1.29, 1.82) is 0 Å². The first-order valence-corrected chi connectivity index (χ1v) is 7.53. The van der Waals surface area contributed by atoms with E-state index in [-0.39, 0.29) is 30.4 Å². The van der Waals surface area contributed by atoms with Gasteiger partial charge in [-0.1, -0.05) is 18.2 Å². The second-order valence-corrected chi connectivity index (χ2v) is 5.17. The summed E-state index contributed by atoms with van der Waals surface area (Å²) in [4.78, 5) is 12.0. The minimum absolute atomic E-state index is 0.0502. The summed E-state index contributed by atoms with van der Waals surface area (Å²) < 4.78 is 39.1. The SMILES string of the molecule is COc1ccc(CC(=O)NCc2ccc(OC(F)F)c(OC)c2)cc1. The van der Waals surface area contributed by atoms with E-state index in [1.807, 2.05) is 12.1 Å². The van der Waals surface area contributed by atoms with Crippen molar-refractivity contribution in [3.63, 3.8) is 0 Å². The van der Waals surface area contributed by atoms with Crippen molar-refractivity contribution in [3.05, 3.63) is 53.6 Å². The number of carbonyl (C=O) groups is 1. The molecule has 0 saturated heterocycles. The number of benzene rings is 2. The molecule has 134 valence electrons. The van der Waals surface area contributed by atoms with Gasteiger partial charge < -0.3 is 19.5 Å². The Morgan fingerprint density at radius 2 is 1.68 bits per heavy atom. The first kappa shape index (κ1) is 18.5. The number of rotatable bonds is 8. The molecule has 0 radical (unpaired) electrons. The Kier molecular flexibility index (Phi) is 6.56. The predicted octanol–water partition coefficient (Wildman–Crippen LogP) is 3.16. The predicted molar refractivity (Wildman–Crippen MR) is 88.2 cm³/mol. The molecule has 0 saturated carbocycles. The van der Waals surface area contributed by atoms with Gasteiger partial charge in [-0.15, -0.1) is 0 Å². The monoisotopic (exact) mass is 351 g/mol. The zero-order valence-corrected chi connectivity index (χ0v) is 13.9. The Labute approximate surface area is 144 Å². The number of hydrogen-bond donors (Lipinski definition) is 1. The van der Waals surface area contributed by atoms with Gasteiger partial charge in [-0.25, -0.2) is 0 Å². The number of nitrogens with one attached hydrogen (secondary N) is 1. The molecule has 1 amide bonds. The molecule has 0 bridgehead atoms. The van der Waals surface area contributed by atoms with Crippen molar-refractivity contribution in [2.75, 3.05) is 14.2 Å². The molecule has 0 aliphatic rings. The average Bonchev–Trinajstić information content (AvgIpc) is 2.61. The van der Waals surface area contributed by atoms with Crippen LogP contribution in [0.5, 0.6) is 17.2 Å². The highest BCUT2D eigenvalue weighted by Crippen LogP contribution is 2.29. The maximum Gasteiger partial charge on any atom is 0.387 e. The summed E-state index contributed by atoms with van der Waals surface area (Å²) >= 11 is 0. The van der Waals surface area contributed by atoms with Gasteiger partial charge in [0.2, 0.25) is 5.91 Å². The fraction of sp³-hybridized carbons (Fsp3) is 0.278. The molecule has 0 fully saturated rings. The van der Waals surface area contributed by atoms with E-state index in [1.54, 1.807) is 31.4 Å². The minimum Gasteiger partial charge on any atom is -0.497 e. The molecule has 0 heterocycles. The van der Waals surface area contributed by atoms with Crippen LogP contribution in [0.1, 0.15) is 11.1 Å². The van der Waals surface area contributed by atoms with Crippen LogP contribution in [0.3, 0.4) is 0 Å². The van der Waals surface area contributed by atoms with Gasteiger partial charge >= 0.3 is 6.61 Å². The lowest BCUT2D eigenvalue weighted by Gasteiger charge is -2.12. The van der Waals surface area contributed by atoms with Gasteiger partial charge in [0.05, 0.1) is 20.6 Å². The van der Waals surface area contributed by atoms with Crippen LogP contribution in [0.4, 0.5) is 8.78 Å². The summed E-state index contributed by atoms with van der Waals surface area (Å²) in [6.45, 7) is -2.68. The molecule has 2 aromatic carbocycles. The molecular formula is C18H19F2NO4. The zero-order valence-electron chi connectivity index (χ0n) is 13.9. The number of alkyl halides is 2. The van der Waals surface area contributed by atoms with Crippen LogP contribution < -0.4 is 19.5 Å². The highest BCUT2D eigenvalue weighted by molar-refractivity contribution is 5.78. The minimum atomic E-state index is -2.93. The van der Waals surface area contributed by atoms with Crippen molar-refractivity contribution < 1.29 is 27.8 Å². The fourth-order valence-corrected chi connectivity index (χ4v) is 2.21. The third-order valence-electron chi connectivity index (χ3n) is 3.46. The lowest BCUT2D eigenvalue weighted by molar-refractivity contribution is -0.120. The summed E-state index contributed by atoms with van der Waals surface area (Å²) in [7, 11) is 2.94. The van der Waals surface area contributed by atoms with E-state index in [2.05, 4.69) is 10.1 Å².